The number of phenols is 2. The van der Waals surface area contributed by atoms with E-state index in [4.69, 9.17) is 0 Å². The van der Waals surface area contributed by atoms with Crippen LogP contribution in [0.3, 0.4) is 0 Å². The molecule has 0 aliphatic rings. The lowest BCUT2D eigenvalue weighted by Crippen LogP contribution is -1.88. The van der Waals surface area contributed by atoms with Crippen LogP contribution in [0.5, 0.6) is 11.5 Å². The van der Waals surface area contributed by atoms with Gasteiger partial charge in [0.15, 0.2) is 0 Å². The van der Waals surface area contributed by atoms with Crippen molar-refractivity contribution in [3.8, 4) is 11.5 Å². The summed E-state index contributed by atoms with van der Waals surface area (Å²) in [5.41, 5.74) is 2.19. The average molecular weight is 425 g/mol. The highest BCUT2D eigenvalue weighted by molar-refractivity contribution is 5.32. The van der Waals surface area contributed by atoms with Crippen LogP contribution >= 0.6 is 0 Å². The molecule has 2 aromatic rings. The van der Waals surface area contributed by atoms with Gasteiger partial charge < -0.3 is 10.2 Å². The third-order valence-corrected chi connectivity index (χ3v) is 6.38. The summed E-state index contributed by atoms with van der Waals surface area (Å²) in [6.07, 6.45) is 22.1. The maximum absolute atomic E-state index is 9.78. The van der Waals surface area contributed by atoms with Crippen LogP contribution in [0, 0.1) is 0 Å². The van der Waals surface area contributed by atoms with Crippen LogP contribution in [-0.2, 0) is 12.8 Å². The SMILES string of the molecule is Oc1ccccc1CCCCCCCCCCCCCCCCCc1ccccc1O. The highest BCUT2D eigenvalue weighted by Crippen LogP contribution is 2.20. The predicted octanol–water partition coefficient (Wildman–Crippen LogP) is 8.73. The van der Waals surface area contributed by atoms with Crippen LogP contribution in [0.1, 0.15) is 107 Å². The zero-order valence-electron chi connectivity index (χ0n) is 19.5. The second-order valence-corrected chi connectivity index (χ2v) is 9.06. The maximum Gasteiger partial charge on any atom is 0.118 e. The molecule has 2 rings (SSSR count). The fourth-order valence-corrected chi connectivity index (χ4v) is 4.37. The van der Waals surface area contributed by atoms with Gasteiger partial charge >= 0.3 is 0 Å². The summed E-state index contributed by atoms with van der Waals surface area (Å²) in [6.45, 7) is 0. The van der Waals surface area contributed by atoms with E-state index in [0.29, 0.717) is 11.5 Å². The minimum Gasteiger partial charge on any atom is -0.508 e. The number of unbranched alkanes of at least 4 members (excludes halogenated alkanes) is 14. The fourth-order valence-electron chi connectivity index (χ4n) is 4.37. The van der Waals surface area contributed by atoms with Crippen molar-refractivity contribution in [2.24, 2.45) is 0 Å². The summed E-state index contributed by atoms with van der Waals surface area (Å²) in [7, 11) is 0. The fraction of sp³-hybridized carbons (Fsp3) is 0.586. The molecule has 0 fully saturated rings. The van der Waals surface area contributed by atoms with Gasteiger partial charge in [0.2, 0.25) is 0 Å². The van der Waals surface area contributed by atoms with Crippen LogP contribution in [0.15, 0.2) is 48.5 Å². The van der Waals surface area contributed by atoms with E-state index in [2.05, 4.69) is 0 Å². The van der Waals surface area contributed by atoms with Gasteiger partial charge in [0.05, 0.1) is 0 Å². The lowest BCUT2D eigenvalue weighted by molar-refractivity contribution is 0.465. The first kappa shape index (κ1) is 25.3. The zero-order valence-corrected chi connectivity index (χ0v) is 19.5. The number of rotatable bonds is 18. The molecular weight excluding hydrogens is 380 g/mol. The first-order chi connectivity index (χ1) is 15.3. The summed E-state index contributed by atoms with van der Waals surface area (Å²) < 4.78 is 0. The molecule has 2 nitrogen and oxygen atoms in total. The van der Waals surface area contributed by atoms with Crippen LogP contribution in [0.25, 0.3) is 0 Å². The molecule has 0 aliphatic heterocycles. The van der Waals surface area contributed by atoms with E-state index in [1.165, 1.54) is 96.3 Å². The first-order valence-electron chi connectivity index (χ1n) is 12.8. The number of hydrogen-bond acceptors (Lipinski definition) is 2. The van der Waals surface area contributed by atoms with E-state index in [1.807, 2.05) is 36.4 Å². The van der Waals surface area contributed by atoms with Crippen molar-refractivity contribution in [3.63, 3.8) is 0 Å². The van der Waals surface area contributed by atoms with E-state index in [9.17, 15) is 10.2 Å². The van der Waals surface area contributed by atoms with Gasteiger partial charge in [-0.1, -0.05) is 120 Å². The van der Waals surface area contributed by atoms with Gasteiger partial charge in [0, 0.05) is 0 Å². The molecule has 0 saturated carbocycles. The number of benzene rings is 2. The standard InChI is InChI=1S/C29H44O2/c30-28-24-18-16-22-26(28)20-14-12-10-8-6-4-2-1-3-5-7-9-11-13-15-21-27-23-17-19-25-29(27)31/h16-19,22-25,30-31H,1-15,20-21H2. The summed E-state index contributed by atoms with van der Waals surface area (Å²) >= 11 is 0. The molecule has 0 radical (unpaired) electrons. The van der Waals surface area contributed by atoms with Gasteiger partial charge in [-0.25, -0.2) is 0 Å². The second-order valence-electron chi connectivity index (χ2n) is 9.06. The quantitative estimate of drug-likeness (QED) is 0.235. The lowest BCUT2D eigenvalue weighted by atomic mass is 10.0. The van der Waals surface area contributed by atoms with Crippen molar-refractivity contribution in [3.05, 3.63) is 59.7 Å². The minimum absolute atomic E-state index is 0.451. The van der Waals surface area contributed by atoms with Crippen molar-refractivity contribution < 1.29 is 10.2 Å². The van der Waals surface area contributed by atoms with E-state index in [0.717, 1.165) is 24.0 Å². The van der Waals surface area contributed by atoms with E-state index < -0.39 is 0 Å². The third-order valence-electron chi connectivity index (χ3n) is 6.38. The van der Waals surface area contributed by atoms with Crippen molar-refractivity contribution >= 4 is 0 Å². The summed E-state index contributed by atoms with van der Waals surface area (Å²) in [6, 6.07) is 15.4. The Hall–Kier alpha value is -1.96. The molecule has 2 aromatic carbocycles. The van der Waals surface area contributed by atoms with E-state index in [-0.39, 0.29) is 0 Å². The lowest BCUT2D eigenvalue weighted by Gasteiger charge is -2.05. The Morgan fingerprint density at radius 2 is 0.613 bits per heavy atom. The van der Waals surface area contributed by atoms with E-state index >= 15 is 0 Å². The molecule has 0 aliphatic carbocycles. The van der Waals surface area contributed by atoms with Crippen molar-refractivity contribution in [2.75, 3.05) is 0 Å². The maximum atomic E-state index is 9.78. The van der Waals surface area contributed by atoms with Gasteiger partial charge in [-0.15, -0.1) is 0 Å². The Morgan fingerprint density at radius 1 is 0.355 bits per heavy atom. The number of phenolic OH excluding ortho intramolecular Hbond substituents is 2. The monoisotopic (exact) mass is 424 g/mol. The molecule has 0 saturated heterocycles. The molecule has 2 N–H and O–H groups in total. The van der Waals surface area contributed by atoms with Crippen LogP contribution in [-0.4, -0.2) is 10.2 Å². The first-order valence-corrected chi connectivity index (χ1v) is 12.8. The number of hydrogen-bond donors (Lipinski definition) is 2. The molecule has 0 aromatic heterocycles. The Kier molecular flexibility index (Phi) is 13.6. The predicted molar refractivity (Wildman–Crippen MR) is 133 cm³/mol. The normalized spacial score (nSPS) is 11.1. The Labute approximate surface area is 190 Å². The van der Waals surface area contributed by atoms with Crippen LogP contribution in [0.2, 0.25) is 0 Å². The van der Waals surface area contributed by atoms with Gasteiger partial charge in [0.25, 0.3) is 0 Å². The molecule has 0 amide bonds. The molecule has 0 spiro atoms. The highest BCUT2D eigenvalue weighted by atomic mass is 16.3. The largest absolute Gasteiger partial charge is 0.508 e. The zero-order chi connectivity index (χ0) is 22.0. The molecule has 172 valence electrons. The molecule has 0 bridgehead atoms. The highest BCUT2D eigenvalue weighted by Gasteiger charge is 2.00. The third kappa shape index (κ3) is 11.9. The van der Waals surface area contributed by atoms with Crippen molar-refractivity contribution in [2.45, 2.75) is 109 Å². The molecule has 0 atom stereocenters. The molecule has 0 heterocycles. The molecular formula is C29H44O2. The number of para-hydroxylation sites is 2. The molecule has 0 unspecified atom stereocenters. The van der Waals surface area contributed by atoms with Crippen LogP contribution < -0.4 is 0 Å². The van der Waals surface area contributed by atoms with Gasteiger partial charge in [0.1, 0.15) is 11.5 Å². The summed E-state index contributed by atoms with van der Waals surface area (Å²) in [4.78, 5) is 0. The van der Waals surface area contributed by atoms with Gasteiger partial charge in [-0.05, 0) is 48.9 Å². The Balaban J connectivity index is 1.27. The smallest absolute Gasteiger partial charge is 0.118 e. The Bertz CT molecular complexity index is 635. The van der Waals surface area contributed by atoms with Crippen molar-refractivity contribution in [1.29, 1.82) is 0 Å². The number of aromatic hydroxyl groups is 2. The Morgan fingerprint density at radius 3 is 0.903 bits per heavy atom. The second kappa shape index (κ2) is 16.7. The van der Waals surface area contributed by atoms with E-state index in [1.54, 1.807) is 12.1 Å². The van der Waals surface area contributed by atoms with Crippen molar-refractivity contribution in [1.82, 2.24) is 0 Å². The van der Waals surface area contributed by atoms with Gasteiger partial charge in [-0.2, -0.15) is 0 Å². The minimum atomic E-state index is 0.451. The topological polar surface area (TPSA) is 40.5 Å². The van der Waals surface area contributed by atoms with Crippen LogP contribution in [0.4, 0.5) is 0 Å². The van der Waals surface area contributed by atoms with Gasteiger partial charge in [-0.3, -0.25) is 0 Å². The number of aryl methyl sites for hydroxylation is 2. The molecule has 31 heavy (non-hydrogen) atoms. The average Bonchev–Trinajstić information content (AvgIpc) is 2.78. The molecule has 2 heteroatoms. The summed E-state index contributed by atoms with van der Waals surface area (Å²) in [5.74, 6) is 0.901. The summed E-state index contributed by atoms with van der Waals surface area (Å²) in [5, 5.41) is 19.6.